The molecule has 184 valence electrons. The second kappa shape index (κ2) is 10.4. The largest absolute Gasteiger partial charge is 0.449 e. The molecule has 36 heavy (non-hydrogen) atoms. The van der Waals surface area contributed by atoms with Crippen LogP contribution < -0.4 is 0 Å². The summed E-state index contributed by atoms with van der Waals surface area (Å²) in [6, 6.07) is 17.1. The number of carbonyl (C=O) groups excluding carboxylic acids is 2. The summed E-state index contributed by atoms with van der Waals surface area (Å²) in [5, 5.41) is 8.31. The molecule has 1 saturated heterocycles. The fourth-order valence-electron chi connectivity index (χ4n) is 4.26. The van der Waals surface area contributed by atoms with Gasteiger partial charge in [0.15, 0.2) is 0 Å². The Kier molecular flexibility index (Phi) is 6.86. The number of ether oxygens (including phenoxy) is 1. The number of benzene rings is 2. The number of H-pyrrole nitrogens is 1. The van der Waals surface area contributed by atoms with Crippen LogP contribution in [0, 0.1) is 0 Å². The molecular weight excluding hydrogens is 478 g/mol. The molecule has 0 atom stereocenters. The predicted octanol–water partition coefficient (Wildman–Crippen LogP) is 5.25. The van der Waals surface area contributed by atoms with Gasteiger partial charge in [0.2, 0.25) is 0 Å². The summed E-state index contributed by atoms with van der Waals surface area (Å²) >= 11 is 6.59. The number of nitrogens with one attached hydrogen (secondary N) is 1. The molecule has 9 heteroatoms. The van der Waals surface area contributed by atoms with Crippen molar-refractivity contribution in [3.05, 3.63) is 71.4 Å². The summed E-state index contributed by atoms with van der Waals surface area (Å²) in [5.74, 6) is -0.0919. The number of carbonyl (C=O) groups is 2. The number of rotatable bonds is 5. The smallest absolute Gasteiger partial charge is 0.409 e. The minimum Gasteiger partial charge on any atom is -0.449 e. The standard InChI is InChI=1S/C27H26ClN5O3/c1-2-15-36-27(35)33-13-11-32(12-14-33)26(34)20-7-8-21-22(28)17-24(30-25(21)16-20)19-5-3-18(4-6-19)23-9-10-29-31-23/h3-10,16-17H,2,11-15H2,1H3,(H,29,31). The first-order valence-electron chi connectivity index (χ1n) is 11.9. The summed E-state index contributed by atoms with van der Waals surface area (Å²) in [4.78, 5) is 33.5. The number of fused-ring (bicyclic) bond motifs is 1. The monoisotopic (exact) mass is 503 g/mol. The van der Waals surface area contributed by atoms with Crippen LogP contribution in [0.4, 0.5) is 4.79 Å². The second-order valence-corrected chi connectivity index (χ2v) is 9.07. The van der Waals surface area contributed by atoms with Gasteiger partial charge in [-0.25, -0.2) is 9.78 Å². The Bertz CT molecular complexity index is 1380. The number of piperazine rings is 1. The highest BCUT2D eigenvalue weighted by molar-refractivity contribution is 6.35. The molecule has 1 N–H and O–H groups in total. The lowest BCUT2D eigenvalue weighted by Gasteiger charge is -2.34. The summed E-state index contributed by atoms with van der Waals surface area (Å²) in [6.45, 7) is 4.16. The quantitative estimate of drug-likeness (QED) is 0.401. The zero-order valence-electron chi connectivity index (χ0n) is 19.9. The number of pyridine rings is 1. The van der Waals surface area contributed by atoms with E-state index in [1.54, 1.807) is 28.1 Å². The van der Waals surface area contributed by atoms with Crippen LogP contribution in [0.1, 0.15) is 23.7 Å². The van der Waals surface area contributed by atoms with E-state index in [9.17, 15) is 9.59 Å². The van der Waals surface area contributed by atoms with E-state index in [2.05, 4.69) is 10.2 Å². The van der Waals surface area contributed by atoms with Crippen LogP contribution in [0.15, 0.2) is 60.8 Å². The van der Waals surface area contributed by atoms with E-state index in [1.165, 1.54) is 0 Å². The first-order valence-corrected chi connectivity index (χ1v) is 12.3. The Morgan fingerprint density at radius 3 is 2.39 bits per heavy atom. The van der Waals surface area contributed by atoms with Gasteiger partial charge >= 0.3 is 6.09 Å². The van der Waals surface area contributed by atoms with Crippen molar-refractivity contribution >= 4 is 34.5 Å². The number of aromatic nitrogens is 3. The van der Waals surface area contributed by atoms with Gasteiger partial charge in [-0.1, -0.05) is 48.9 Å². The number of hydrogen-bond acceptors (Lipinski definition) is 5. The summed E-state index contributed by atoms with van der Waals surface area (Å²) < 4.78 is 5.20. The molecule has 1 fully saturated rings. The van der Waals surface area contributed by atoms with Crippen molar-refractivity contribution in [3.8, 4) is 22.5 Å². The fourth-order valence-corrected chi connectivity index (χ4v) is 4.52. The van der Waals surface area contributed by atoms with Crippen molar-refractivity contribution in [2.24, 2.45) is 0 Å². The molecule has 0 bridgehead atoms. The third-order valence-electron chi connectivity index (χ3n) is 6.25. The summed E-state index contributed by atoms with van der Waals surface area (Å²) in [6.07, 6.45) is 2.18. The van der Waals surface area contributed by atoms with Crippen molar-refractivity contribution in [1.82, 2.24) is 25.0 Å². The fraction of sp³-hybridized carbons (Fsp3) is 0.259. The van der Waals surface area contributed by atoms with Gasteiger partial charge in [0, 0.05) is 48.9 Å². The zero-order valence-corrected chi connectivity index (χ0v) is 20.7. The normalized spacial score (nSPS) is 13.7. The Morgan fingerprint density at radius 1 is 0.972 bits per heavy atom. The summed E-state index contributed by atoms with van der Waals surface area (Å²) in [5.41, 5.74) is 4.81. The lowest BCUT2D eigenvalue weighted by atomic mass is 10.0. The summed E-state index contributed by atoms with van der Waals surface area (Å²) in [7, 11) is 0. The topological polar surface area (TPSA) is 91.4 Å². The zero-order chi connectivity index (χ0) is 25.1. The van der Waals surface area contributed by atoms with Crippen molar-refractivity contribution in [2.75, 3.05) is 32.8 Å². The highest BCUT2D eigenvalue weighted by Gasteiger charge is 2.26. The highest BCUT2D eigenvalue weighted by atomic mass is 35.5. The second-order valence-electron chi connectivity index (χ2n) is 8.66. The lowest BCUT2D eigenvalue weighted by Crippen LogP contribution is -2.50. The molecule has 2 aromatic carbocycles. The van der Waals surface area contributed by atoms with Crippen LogP contribution in [-0.4, -0.2) is 69.8 Å². The maximum atomic E-state index is 13.2. The molecule has 3 heterocycles. The van der Waals surface area contributed by atoms with E-state index < -0.39 is 0 Å². The average molecular weight is 504 g/mol. The van der Waals surface area contributed by atoms with Crippen molar-refractivity contribution < 1.29 is 14.3 Å². The molecule has 2 aromatic heterocycles. The number of hydrogen-bond donors (Lipinski definition) is 1. The van der Waals surface area contributed by atoms with E-state index in [1.807, 2.05) is 49.4 Å². The molecule has 5 rings (SSSR count). The van der Waals surface area contributed by atoms with Gasteiger partial charge in [0.05, 0.1) is 28.5 Å². The van der Waals surface area contributed by atoms with Gasteiger partial charge in [-0.15, -0.1) is 0 Å². The van der Waals surface area contributed by atoms with Crippen LogP contribution in [-0.2, 0) is 4.74 Å². The Hall–Kier alpha value is -3.91. The molecule has 0 unspecified atom stereocenters. The van der Waals surface area contributed by atoms with E-state index in [4.69, 9.17) is 21.3 Å². The Labute approximate surface area is 213 Å². The third-order valence-corrected chi connectivity index (χ3v) is 6.57. The molecule has 8 nitrogen and oxygen atoms in total. The maximum absolute atomic E-state index is 13.2. The number of amides is 2. The minimum absolute atomic E-state index is 0.0919. The molecule has 1 aliphatic rings. The Balaban J connectivity index is 1.34. The van der Waals surface area contributed by atoms with Crippen molar-refractivity contribution in [2.45, 2.75) is 13.3 Å². The number of nitrogens with zero attached hydrogens (tertiary/aromatic N) is 4. The molecule has 0 aliphatic carbocycles. The number of halogens is 1. The third kappa shape index (κ3) is 4.90. The molecule has 0 radical (unpaired) electrons. The highest BCUT2D eigenvalue weighted by Crippen LogP contribution is 2.30. The van der Waals surface area contributed by atoms with Crippen molar-refractivity contribution in [1.29, 1.82) is 0 Å². The lowest BCUT2D eigenvalue weighted by molar-refractivity contribution is 0.0560. The molecule has 1 aliphatic heterocycles. The maximum Gasteiger partial charge on any atom is 0.409 e. The van der Waals surface area contributed by atoms with Gasteiger partial charge in [0.1, 0.15) is 0 Å². The van der Waals surface area contributed by atoms with Crippen LogP contribution in [0.25, 0.3) is 33.4 Å². The van der Waals surface area contributed by atoms with E-state index in [0.717, 1.165) is 34.3 Å². The van der Waals surface area contributed by atoms with Gasteiger partial charge in [-0.2, -0.15) is 5.10 Å². The molecule has 0 saturated carbocycles. The first-order chi connectivity index (χ1) is 17.5. The SMILES string of the molecule is CCCOC(=O)N1CCN(C(=O)c2ccc3c(Cl)cc(-c4ccc(-c5ccn[nH]5)cc4)nc3c2)CC1. The minimum atomic E-state index is -0.321. The van der Waals surface area contributed by atoms with Gasteiger partial charge in [-0.3, -0.25) is 9.89 Å². The van der Waals surface area contributed by atoms with Crippen molar-refractivity contribution in [3.63, 3.8) is 0 Å². The van der Waals surface area contributed by atoms with Crippen LogP contribution in [0.3, 0.4) is 0 Å². The van der Waals surface area contributed by atoms with Gasteiger partial charge in [-0.05, 0) is 36.2 Å². The Morgan fingerprint density at radius 2 is 1.69 bits per heavy atom. The van der Waals surface area contributed by atoms with E-state index in [-0.39, 0.29) is 12.0 Å². The van der Waals surface area contributed by atoms with Gasteiger partial charge < -0.3 is 14.5 Å². The van der Waals surface area contributed by atoms with Crippen LogP contribution in [0.2, 0.25) is 5.02 Å². The van der Waals surface area contributed by atoms with Crippen LogP contribution >= 0.6 is 11.6 Å². The molecule has 2 amide bonds. The molecule has 0 spiro atoms. The first kappa shape index (κ1) is 23.8. The number of aromatic amines is 1. The van der Waals surface area contributed by atoms with Gasteiger partial charge in [0.25, 0.3) is 5.91 Å². The predicted molar refractivity (Wildman–Crippen MR) is 139 cm³/mol. The average Bonchev–Trinajstić information content (AvgIpc) is 3.46. The van der Waals surface area contributed by atoms with Crippen LogP contribution in [0.5, 0.6) is 0 Å². The van der Waals surface area contributed by atoms with E-state index >= 15 is 0 Å². The molecule has 4 aromatic rings. The van der Waals surface area contributed by atoms with E-state index in [0.29, 0.717) is 48.9 Å². The molecular formula is C27H26ClN5O3.